The summed E-state index contributed by atoms with van der Waals surface area (Å²) in [6.07, 6.45) is 1.91. The Bertz CT molecular complexity index is 844. The van der Waals surface area contributed by atoms with Crippen LogP contribution in [0.2, 0.25) is 0 Å². The molecular formula is C16H10F3NO5. The molecule has 6 nitrogen and oxygen atoms in total. The molecule has 0 aliphatic rings. The van der Waals surface area contributed by atoms with Gasteiger partial charge >= 0.3 is 5.97 Å². The smallest absolute Gasteiger partial charge is 0.343 e. The number of hydrogen-bond acceptors (Lipinski definition) is 5. The lowest BCUT2D eigenvalue weighted by molar-refractivity contribution is -0.400. The Morgan fingerprint density at radius 3 is 2.32 bits per heavy atom. The van der Waals surface area contributed by atoms with Crippen molar-refractivity contribution in [2.24, 2.45) is 0 Å². The zero-order valence-corrected chi connectivity index (χ0v) is 12.7. The van der Waals surface area contributed by atoms with Gasteiger partial charge in [0.1, 0.15) is 0 Å². The van der Waals surface area contributed by atoms with Gasteiger partial charge < -0.3 is 9.47 Å². The molecule has 2 aromatic carbocycles. The van der Waals surface area contributed by atoms with Crippen LogP contribution in [-0.4, -0.2) is 18.0 Å². The molecule has 0 aromatic heterocycles. The standard InChI is InChI=1S/C16H10F3NO5/c1-24-14-6-9(4-5-20(22)23)2-3-13(14)25-16(21)10-7-11(17)15(19)12(18)8-10/h2-8H,1H3/b5-4+. The van der Waals surface area contributed by atoms with Crippen molar-refractivity contribution in [1.82, 2.24) is 0 Å². The van der Waals surface area contributed by atoms with Crippen LogP contribution in [0.1, 0.15) is 15.9 Å². The molecule has 0 atom stereocenters. The Labute approximate surface area is 139 Å². The molecule has 0 spiro atoms. The van der Waals surface area contributed by atoms with Gasteiger partial charge in [-0.15, -0.1) is 0 Å². The normalized spacial score (nSPS) is 10.7. The van der Waals surface area contributed by atoms with Crippen molar-refractivity contribution in [2.75, 3.05) is 7.11 Å². The van der Waals surface area contributed by atoms with Gasteiger partial charge in [-0.05, 0) is 29.8 Å². The maximum atomic E-state index is 13.2. The molecule has 9 heteroatoms. The fourth-order valence-corrected chi connectivity index (χ4v) is 1.85. The van der Waals surface area contributed by atoms with Gasteiger partial charge in [0, 0.05) is 6.08 Å². The molecule has 2 rings (SSSR count). The zero-order valence-electron chi connectivity index (χ0n) is 12.7. The van der Waals surface area contributed by atoms with E-state index in [0.29, 0.717) is 23.9 Å². The van der Waals surface area contributed by atoms with Crippen LogP contribution in [0, 0.1) is 27.6 Å². The lowest BCUT2D eigenvalue weighted by Crippen LogP contribution is -2.11. The molecule has 0 fully saturated rings. The summed E-state index contributed by atoms with van der Waals surface area (Å²) in [5.41, 5.74) is -0.136. The second kappa shape index (κ2) is 7.47. The van der Waals surface area contributed by atoms with Crippen LogP contribution in [0.5, 0.6) is 11.5 Å². The molecule has 0 bridgehead atoms. The fourth-order valence-electron chi connectivity index (χ4n) is 1.85. The highest BCUT2D eigenvalue weighted by atomic mass is 19.2. The molecule has 0 saturated heterocycles. The second-order valence-electron chi connectivity index (χ2n) is 4.65. The van der Waals surface area contributed by atoms with Gasteiger partial charge in [-0.2, -0.15) is 0 Å². The number of nitrogens with zero attached hydrogens (tertiary/aromatic N) is 1. The summed E-state index contributed by atoms with van der Waals surface area (Å²) in [6.45, 7) is 0. The number of carbonyl (C=O) groups excluding carboxylic acids is 1. The summed E-state index contributed by atoms with van der Waals surface area (Å²) in [4.78, 5) is 21.6. The molecular weight excluding hydrogens is 343 g/mol. The minimum Gasteiger partial charge on any atom is -0.493 e. The first-order chi connectivity index (χ1) is 11.8. The molecule has 0 aliphatic carbocycles. The highest BCUT2D eigenvalue weighted by molar-refractivity contribution is 5.91. The van der Waals surface area contributed by atoms with Gasteiger partial charge in [0.05, 0.1) is 17.6 Å². The SMILES string of the molecule is COc1cc(/C=C/[N+](=O)[O-])ccc1OC(=O)c1cc(F)c(F)c(F)c1. The predicted molar refractivity (Wildman–Crippen MR) is 80.3 cm³/mol. The number of carbonyl (C=O) groups is 1. The molecule has 0 radical (unpaired) electrons. The highest BCUT2D eigenvalue weighted by Gasteiger charge is 2.18. The number of esters is 1. The molecule has 25 heavy (non-hydrogen) atoms. The van der Waals surface area contributed by atoms with Crippen molar-refractivity contribution < 1.29 is 32.4 Å². The molecule has 0 saturated carbocycles. The van der Waals surface area contributed by atoms with E-state index >= 15 is 0 Å². The van der Waals surface area contributed by atoms with Gasteiger partial charge in [0.15, 0.2) is 29.0 Å². The Morgan fingerprint density at radius 1 is 1.12 bits per heavy atom. The minimum absolute atomic E-state index is 0.0573. The summed E-state index contributed by atoms with van der Waals surface area (Å²) in [7, 11) is 1.27. The van der Waals surface area contributed by atoms with E-state index in [0.717, 1.165) is 0 Å². The third-order valence-corrected chi connectivity index (χ3v) is 3.00. The molecule has 0 amide bonds. The van der Waals surface area contributed by atoms with Crippen LogP contribution < -0.4 is 9.47 Å². The van der Waals surface area contributed by atoms with Crippen LogP contribution in [0.25, 0.3) is 6.08 Å². The third-order valence-electron chi connectivity index (χ3n) is 3.00. The molecule has 0 heterocycles. The van der Waals surface area contributed by atoms with Crippen LogP contribution in [0.4, 0.5) is 13.2 Å². The number of ether oxygens (including phenoxy) is 2. The van der Waals surface area contributed by atoms with Gasteiger partial charge in [-0.1, -0.05) is 6.07 Å². The lowest BCUT2D eigenvalue weighted by atomic mass is 10.2. The topological polar surface area (TPSA) is 78.7 Å². The van der Waals surface area contributed by atoms with Crippen molar-refractivity contribution in [2.45, 2.75) is 0 Å². The Kier molecular flexibility index (Phi) is 5.38. The number of nitro groups is 1. The first kappa shape index (κ1) is 18.0. The number of rotatable bonds is 5. The van der Waals surface area contributed by atoms with Crippen LogP contribution in [-0.2, 0) is 0 Å². The first-order valence-corrected chi connectivity index (χ1v) is 6.68. The summed E-state index contributed by atoms with van der Waals surface area (Å²) in [5.74, 6) is -5.92. The number of halogens is 3. The fraction of sp³-hybridized carbons (Fsp3) is 0.0625. The first-order valence-electron chi connectivity index (χ1n) is 6.68. The van der Waals surface area contributed by atoms with E-state index < -0.39 is 33.9 Å². The average Bonchev–Trinajstić information content (AvgIpc) is 2.58. The molecule has 2 aromatic rings. The van der Waals surface area contributed by atoms with Gasteiger partial charge in [0.25, 0.3) is 0 Å². The van der Waals surface area contributed by atoms with Crippen LogP contribution in [0.3, 0.4) is 0 Å². The molecule has 130 valence electrons. The predicted octanol–water partition coefficient (Wildman–Crippen LogP) is 3.58. The van der Waals surface area contributed by atoms with E-state index in [-0.39, 0.29) is 11.5 Å². The van der Waals surface area contributed by atoms with Gasteiger partial charge in [-0.25, -0.2) is 18.0 Å². The van der Waals surface area contributed by atoms with Crippen LogP contribution >= 0.6 is 0 Å². The summed E-state index contributed by atoms with van der Waals surface area (Å²) >= 11 is 0. The summed E-state index contributed by atoms with van der Waals surface area (Å²) in [6, 6.07) is 5.04. The number of benzene rings is 2. The maximum Gasteiger partial charge on any atom is 0.343 e. The van der Waals surface area contributed by atoms with E-state index in [2.05, 4.69) is 0 Å². The monoisotopic (exact) mass is 353 g/mol. The van der Waals surface area contributed by atoms with Crippen LogP contribution in [0.15, 0.2) is 36.5 Å². The highest BCUT2D eigenvalue weighted by Crippen LogP contribution is 2.29. The Balaban J connectivity index is 2.27. The van der Waals surface area contributed by atoms with Crippen molar-refractivity contribution >= 4 is 12.0 Å². The van der Waals surface area contributed by atoms with Gasteiger partial charge in [-0.3, -0.25) is 10.1 Å². The van der Waals surface area contributed by atoms with Gasteiger partial charge in [0.2, 0.25) is 6.20 Å². The Morgan fingerprint density at radius 2 is 1.76 bits per heavy atom. The van der Waals surface area contributed by atoms with E-state index in [1.807, 2.05) is 0 Å². The van der Waals surface area contributed by atoms with Crippen molar-refractivity contribution in [3.8, 4) is 11.5 Å². The van der Waals surface area contributed by atoms with E-state index in [1.165, 1.54) is 31.4 Å². The third kappa shape index (κ3) is 4.34. The Hall–Kier alpha value is -3.36. The van der Waals surface area contributed by atoms with E-state index in [4.69, 9.17) is 9.47 Å². The van der Waals surface area contributed by atoms with Crippen molar-refractivity contribution in [1.29, 1.82) is 0 Å². The molecule has 0 unspecified atom stereocenters. The molecule has 0 aliphatic heterocycles. The van der Waals surface area contributed by atoms with E-state index in [1.54, 1.807) is 0 Å². The zero-order chi connectivity index (χ0) is 18.6. The largest absolute Gasteiger partial charge is 0.493 e. The maximum absolute atomic E-state index is 13.2. The summed E-state index contributed by atoms with van der Waals surface area (Å²) < 4.78 is 49.3. The minimum atomic E-state index is -1.70. The second-order valence-corrected chi connectivity index (χ2v) is 4.65. The average molecular weight is 353 g/mol. The van der Waals surface area contributed by atoms with E-state index in [9.17, 15) is 28.1 Å². The number of methoxy groups -OCH3 is 1. The summed E-state index contributed by atoms with van der Waals surface area (Å²) in [5, 5.41) is 10.3. The molecule has 0 N–H and O–H groups in total. The lowest BCUT2D eigenvalue weighted by Gasteiger charge is -2.10. The quantitative estimate of drug-likeness (QED) is 0.270. The number of hydrogen-bond donors (Lipinski definition) is 0. The van der Waals surface area contributed by atoms with Crippen molar-refractivity contribution in [3.63, 3.8) is 0 Å². The van der Waals surface area contributed by atoms with Crippen molar-refractivity contribution in [3.05, 3.63) is 75.2 Å².